The lowest BCUT2D eigenvalue weighted by molar-refractivity contribution is 0.0699. The van der Waals surface area contributed by atoms with Gasteiger partial charge in [-0.1, -0.05) is 6.07 Å². The number of benzene rings is 1. The number of aryl methyl sites for hydroxylation is 1. The van der Waals surface area contributed by atoms with Gasteiger partial charge in [0.1, 0.15) is 0 Å². The van der Waals surface area contributed by atoms with Crippen LogP contribution in [-0.4, -0.2) is 20.9 Å². The molecule has 0 saturated heterocycles. The minimum absolute atomic E-state index is 0.122. The molecule has 0 spiro atoms. The van der Waals surface area contributed by atoms with Crippen molar-refractivity contribution in [3.05, 3.63) is 34.1 Å². The van der Waals surface area contributed by atoms with Crippen LogP contribution >= 0.6 is 0 Å². The van der Waals surface area contributed by atoms with Gasteiger partial charge in [-0.15, -0.1) is 0 Å². The van der Waals surface area contributed by atoms with Crippen LogP contribution in [0.5, 0.6) is 0 Å². The van der Waals surface area contributed by atoms with Crippen LogP contribution in [0.25, 0.3) is 10.9 Å². The summed E-state index contributed by atoms with van der Waals surface area (Å²) in [7, 11) is 0. The van der Waals surface area contributed by atoms with E-state index in [1.54, 1.807) is 12.1 Å². The van der Waals surface area contributed by atoms with Crippen molar-refractivity contribution in [2.75, 3.05) is 0 Å². The van der Waals surface area contributed by atoms with Crippen LogP contribution in [0.4, 0.5) is 0 Å². The van der Waals surface area contributed by atoms with Gasteiger partial charge in [-0.05, 0) is 19.1 Å². The van der Waals surface area contributed by atoms with Crippen molar-refractivity contribution in [2.24, 2.45) is 0 Å². The second kappa shape index (κ2) is 3.27. The fraction of sp³-hybridized carbons (Fsp3) is 0.200. The minimum atomic E-state index is -1.04. The number of H-pyrrole nitrogens is 1. The third-order valence-electron chi connectivity index (χ3n) is 2.33. The molecule has 0 fully saturated rings. The summed E-state index contributed by atoms with van der Waals surface area (Å²) in [6.45, 7) is 2.31. The van der Waals surface area contributed by atoms with Gasteiger partial charge in [-0.25, -0.2) is 4.79 Å². The van der Waals surface area contributed by atoms with Gasteiger partial charge < -0.3 is 5.11 Å². The first kappa shape index (κ1) is 9.51. The highest BCUT2D eigenvalue weighted by Crippen LogP contribution is 2.13. The van der Waals surface area contributed by atoms with E-state index in [-0.39, 0.29) is 11.1 Å². The van der Waals surface area contributed by atoms with E-state index >= 15 is 0 Å². The Bertz CT molecular complexity index is 580. The highest BCUT2D eigenvalue weighted by atomic mass is 16.4. The number of carbonyl (C=O) groups is 1. The fourth-order valence-corrected chi connectivity index (χ4v) is 1.58. The minimum Gasteiger partial charge on any atom is -0.478 e. The maximum Gasteiger partial charge on any atom is 0.337 e. The Hall–Kier alpha value is -2.04. The molecule has 1 aromatic heterocycles. The number of nitrogens with one attached hydrogen (secondary N) is 1. The molecule has 78 valence electrons. The molecule has 0 unspecified atom stereocenters. The lowest BCUT2D eigenvalue weighted by Gasteiger charge is -1.95. The molecule has 0 atom stereocenters. The van der Waals surface area contributed by atoms with Crippen molar-refractivity contribution >= 4 is 16.9 Å². The molecule has 2 rings (SSSR count). The van der Waals surface area contributed by atoms with E-state index in [1.807, 2.05) is 6.92 Å². The number of hydrogen-bond donors (Lipinski definition) is 2. The van der Waals surface area contributed by atoms with Crippen molar-refractivity contribution < 1.29 is 9.90 Å². The van der Waals surface area contributed by atoms with Crippen molar-refractivity contribution in [1.29, 1.82) is 0 Å². The van der Waals surface area contributed by atoms with Gasteiger partial charge in [0.25, 0.3) is 5.56 Å². The molecule has 2 aromatic rings. The first-order valence-corrected chi connectivity index (χ1v) is 4.60. The van der Waals surface area contributed by atoms with Crippen molar-refractivity contribution in [1.82, 2.24) is 9.78 Å². The Labute approximate surface area is 84.9 Å². The molecule has 5 heteroatoms. The molecule has 0 radical (unpaired) electrons. The van der Waals surface area contributed by atoms with Crippen molar-refractivity contribution in [3.8, 4) is 0 Å². The Kier molecular flexibility index (Phi) is 2.07. The Morgan fingerprint density at radius 3 is 2.87 bits per heavy atom. The number of rotatable bonds is 2. The standard InChI is InChI=1S/C10H10N2O3/c1-2-12-9(13)6-4-3-5-7(10(14)15)8(6)11-12/h3-5,11H,2H2,1H3,(H,14,15). The molecule has 15 heavy (non-hydrogen) atoms. The number of hydrogen-bond acceptors (Lipinski definition) is 2. The van der Waals surface area contributed by atoms with E-state index in [9.17, 15) is 9.59 Å². The molecular formula is C10H10N2O3. The molecule has 0 bridgehead atoms. The lowest BCUT2D eigenvalue weighted by Crippen LogP contribution is -2.14. The number of aromatic nitrogens is 2. The largest absolute Gasteiger partial charge is 0.478 e. The Morgan fingerprint density at radius 1 is 1.53 bits per heavy atom. The molecule has 0 saturated carbocycles. The first-order chi connectivity index (χ1) is 7.15. The van der Waals surface area contributed by atoms with Gasteiger partial charge >= 0.3 is 5.97 Å². The molecule has 5 nitrogen and oxygen atoms in total. The maximum absolute atomic E-state index is 11.7. The summed E-state index contributed by atoms with van der Waals surface area (Å²) < 4.78 is 1.39. The number of nitrogens with zero attached hydrogens (tertiary/aromatic N) is 1. The number of fused-ring (bicyclic) bond motifs is 1. The molecule has 2 N–H and O–H groups in total. The second-order valence-electron chi connectivity index (χ2n) is 3.19. The molecule has 0 aliphatic rings. The van der Waals surface area contributed by atoms with Gasteiger partial charge in [0.05, 0.1) is 16.5 Å². The number of carboxylic acids is 1. The van der Waals surface area contributed by atoms with Gasteiger partial charge in [-0.3, -0.25) is 14.6 Å². The predicted molar refractivity (Wildman–Crippen MR) is 55.2 cm³/mol. The summed E-state index contributed by atoms with van der Waals surface area (Å²) in [5.74, 6) is -1.04. The molecule has 0 amide bonds. The molecule has 1 aromatic carbocycles. The quantitative estimate of drug-likeness (QED) is 0.771. The van der Waals surface area contributed by atoms with E-state index in [0.717, 1.165) is 0 Å². The average Bonchev–Trinajstić information content (AvgIpc) is 2.55. The van der Waals surface area contributed by atoms with Crippen LogP contribution in [0, 0.1) is 0 Å². The van der Waals surface area contributed by atoms with Crippen LogP contribution in [0.2, 0.25) is 0 Å². The Balaban J connectivity index is 2.88. The zero-order chi connectivity index (χ0) is 11.0. The van der Waals surface area contributed by atoms with Crippen molar-refractivity contribution in [2.45, 2.75) is 13.5 Å². The monoisotopic (exact) mass is 206 g/mol. The van der Waals surface area contributed by atoms with Gasteiger partial charge in [0.2, 0.25) is 0 Å². The van der Waals surface area contributed by atoms with Gasteiger partial charge in [0.15, 0.2) is 0 Å². The third-order valence-corrected chi connectivity index (χ3v) is 2.33. The molecule has 0 aliphatic carbocycles. The van der Waals surface area contributed by atoms with Crippen LogP contribution in [0.3, 0.4) is 0 Å². The second-order valence-corrected chi connectivity index (χ2v) is 3.19. The van der Waals surface area contributed by atoms with Crippen LogP contribution in [-0.2, 0) is 6.54 Å². The summed E-state index contributed by atoms with van der Waals surface area (Å²) in [5.41, 5.74) is 0.323. The first-order valence-electron chi connectivity index (χ1n) is 4.60. The van der Waals surface area contributed by atoms with Crippen molar-refractivity contribution in [3.63, 3.8) is 0 Å². The van der Waals surface area contributed by atoms with Gasteiger partial charge in [0, 0.05) is 6.54 Å². The lowest BCUT2D eigenvalue weighted by atomic mass is 10.1. The zero-order valence-electron chi connectivity index (χ0n) is 8.15. The van der Waals surface area contributed by atoms with Gasteiger partial charge in [-0.2, -0.15) is 0 Å². The number of aromatic amines is 1. The topological polar surface area (TPSA) is 75.1 Å². The third kappa shape index (κ3) is 1.32. The summed E-state index contributed by atoms with van der Waals surface area (Å²) in [5, 5.41) is 12.1. The normalized spacial score (nSPS) is 10.7. The highest BCUT2D eigenvalue weighted by molar-refractivity contribution is 6.01. The van der Waals surface area contributed by atoms with Crippen LogP contribution < -0.4 is 5.56 Å². The average molecular weight is 206 g/mol. The van der Waals surface area contributed by atoms with E-state index in [1.165, 1.54) is 10.7 Å². The molecule has 0 aliphatic heterocycles. The number of para-hydroxylation sites is 1. The summed E-state index contributed by atoms with van der Waals surface area (Å²) in [6, 6.07) is 4.66. The van der Waals surface area contributed by atoms with E-state index in [4.69, 9.17) is 5.11 Å². The molecule has 1 heterocycles. The maximum atomic E-state index is 11.7. The number of carboxylic acid groups (broad SMARTS) is 1. The van der Waals surface area contributed by atoms with Crippen LogP contribution in [0.1, 0.15) is 17.3 Å². The fourth-order valence-electron chi connectivity index (χ4n) is 1.58. The number of aromatic carboxylic acids is 1. The van der Waals surface area contributed by atoms with E-state index in [0.29, 0.717) is 17.4 Å². The SMILES string of the molecule is CCn1[nH]c2c(C(=O)O)cccc2c1=O. The zero-order valence-corrected chi connectivity index (χ0v) is 8.15. The summed E-state index contributed by atoms with van der Waals surface area (Å²) in [6.07, 6.45) is 0. The smallest absolute Gasteiger partial charge is 0.337 e. The Morgan fingerprint density at radius 2 is 2.27 bits per heavy atom. The predicted octanol–water partition coefficient (Wildman–Crippen LogP) is 1.05. The summed E-state index contributed by atoms with van der Waals surface area (Å²) in [4.78, 5) is 22.6. The van der Waals surface area contributed by atoms with E-state index in [2.05, 4.69) is 5.10 Å². The molecular weight excluding hydrogens is 196 g/mol. The van der Waals surface area contributed by atoms with Crippen LogP contribution in [0.15, 0.2) is 23.0 Å². The highest BCUT2D eigenvalue weighted by Gasteiger charge is 2.13. The van der Waals surface area contributed by atoms with E-state index < -0.39 is 5.97 Å². The summed E-state index contributed by atoms with van der Waals surface area (Å²) >= 11 is 0.